The molecule has 0 aromatic heterocycles. The highest BCUT2D eigenvalue weighted by Gasteiger charge is 2.14. The van der Waals surface area contributed by atoms with E-state index in [2.05, 4.69) is 5.32 Å². The van der Waals surface area contributed by atoms with Crippen LogP contribution >= 0.6 is 11.6 Å². The van der Waals surface area contributed by atoms with Crippen molar-refractivity contribution >= 4 is 23.4 Å². The van der Waals surface area contributed by atoms with Crippen LogP contribution in [0.2, 0.25) is 5.02 Å². The molecule has 0 saturated carbocycles. The molecule has 0 spiro atoms. The maximum Gasteiger partial charge on any atom is 0.252 e. The van der Waals surface area contributed by atoms with Crippen molar-refractivity contribution in [3.63, 3.8) is 0 Å². The van der Waals surface area contributed by atoms with Crippen molar-refractivity contribution in [3.8, 4) is 5.75 Å². The fourth-order valence-electron chi connectivity index (χ4n) is 2.43. The van der Waals surface area contributed by atoms with Gasteiger partial charge in [0.25, 0.3) is 5.91 Å². The molecule has 0 saturated heterocycles. The number of nitrogens with one attached hydrogen (secondary N) is 1. The highest BCUT2D eigenvalue weighted by Crippen LogP contribution is 2.19. The molecular weight excluding hydrogens is 340 g/mol. The lowest BCUT2D eigenvalue weighted by Gasteiger charge is -2.22. The Bertz CT molecular complexity index is 749. The lowest BCUT2D eigenvalue weighted by atomic mass is 10.2. The molecule has 0 heterocycles. The van der Waals surface area contributed by atoms with E-state index in [1.165, 1.54) is 6.92 Å². The third-order valence-corrected chi connectivity index (χ3v) is 4.11. The van der Waals surface area contributed by atoms with Crippen molar-refractivity contribution in [2.75, 3.05) is 20.2 Å². The Morgan fingerprint density at radius 2 is 1.80 bits per heavy atom. The van der Waals surface area contributed by atoms with Gasteiger partial charge in [-0.1, -0.05) is 41.9 Å². The Morgan fingerprint density at radius 1 is 1.12 bits per heavy atom. The van der Waals surface area contributed by atoms with Crippen LogP contribution in [0.5, 0.6) is 5.75 Å². The molecule has 132 valence electrons. The summed E-state index contributed by atoms with van der Waals surface area (Å²) >= 11 is 6.01. The second-order valence-corrected chi connectivity index (χ2v) is 5.90. The fourth-order valence-corrected chi connectivity index (χ4v) is 2.65. The Labute approximate surface area is 152 Å². The summed E-state index contributed by atoms with van der Waals surface area (Å²) in [4.78, 5) is 25.7. The summed E-state index contributed by atoms with van der Waals surface area (Å²) in [6, 6.07) is 14.4. The van der Waals surface area contributed by atoms with Gasteiger partial charge < -0.3 is 15.0 Å². The largest absolute Gasteiger partial charge is 0.496 e. The Kier molecular flexibility index (Phi) is 6.83. The molecule has 0 radical (unpaired) electrons. The average Bonchev–Trinajstić information content (AvgIpc) is 2.61. The number of rotatable bonds is 7. The summed E-state index contributed by atoms with van der Waals surface area (Å²) in [6.45, 7) is 2.65. The van der Waals surface area contributed by atoms with Gasteiger partial charge in [0.05, 0.1) is 17.7 Å². The van der Waals surface area contributed by atoms with Crippen LogP contribution < -0.4 is 10.1 Å². The molecule has 0 bridgehead atoms. The van der Waals surface area contributed by atoms with Gasteiger partial charge in [0.2, 0.25) is 5.91 Å². The SMILES string of the molecule is COc1ccccc1CN(CCNC(=O)c1ccccc1Cl)C(C)=O. The number of hydrogen-bond acceptors (Lipinski definition) is 3. The molecule has 6 heteroatoms. The molecule has 5 nitrogen and oxygen atoms in total. The minimum atomic E-state index is -0.258. The van der Waals surface area contributed by atoms with Gasteiger partial charge in [-0.05, 0) is 18.2 Å². The molecule has 2 aromatic rings. The van der Waals surface area contributed by atoms with Crippen LogP contribution in [0.15, 0.2) is 48.5 Å². The summed E-state index contributed by atoms with van der Waals surface area (Å²) in [7, 11) is 1.60. The molecule has 0 fully saturated rings. The van der Waals surface area contributed by atoms with Crippen molar-refractivity contribution in [2.45, 2.75) is 13.5 Å². The number of halogens is 1. The highest BCUT2D eigenvalue weighted by atomic mass is 35.5. The van der Waals surface area contributed by atoms with Crippen molar-refractivity contribution < 1.29 is 14.3 Å². The molecule has 0 aliphatic rings. The zero-order chi connectivity index (χ0) is 18.2. The second-order valence-electron chi connectivity index (χ2n) is 5.49. The van der Waals surface area contributed by atoms with Crippen molar-refractivity contribution in [1.82, 2.24) is 10.2 Å². The number of carbonyl (C=O) groups excluding carboxylic acids is 2. The molecule has 1 N–H and O–H groups in total. The van der Waals surface area contributed by atoms with Gasteiger partial charge in [-0.15, -0.1) is 0 Å². The number of amides is 2. The molecule has 2 amide bonds. The monoisotopic (exact) mass is 360 g/mol. The van der Waals surface area contributed by atoms with E-state index in [1.54, 1.807) is 36.3 Å². The number of benzene rings is 2. The summed E-state index contributed by atoms with van der Waals surface area (Å²) in [5.74, 6) is 0.401. The Hall–Kier alpha value is -2.53. The molecule has 2 aromatic carbocycles. The lowest BCUT2D eigenvalue weighted by molar-refractivity contribution is -0.129. The van der Waals surface area contributed by atoms with Crippen molar-refractivity contribution in [1.29, 1.82) is 0 Å². The van der Waals surface area contributed by atoms with E-state index in [-0.39, 0.29) is 11.8 Å². The van der Waals surface area contributed by atoms with Gasteiger partial charge in [0, 0.05) is 32.1 Å². The predicted molar refractivity (Wildman–Crippen MR) is 97.9 cm³/mol. The van der Waals surface area contributed by atoms with Crippen LogP contribution in [-0.4, -0.2) is 36.9 Å². The standard InChI is InChI=1S/C19H21ClN2O3/c1-14(23)22(13-15-7-3-6-10-18(15)25-2)12-11-21-19(24)16-8-4-5-9-17(16)20/h3-10H,11-13H2,1-2H3,(H,21,24). The van der Waals surface area contributed by atoms with E-state index in [0.717, 1.165) is 11.3 Å². The first-order chi connectivity index (χ1) is 12.0. The van der Waals surface area contributed by atoms with E-state index in [1.807, 2.05) is 24.3 Å². The van der Waals surface area contributed by atoms with Crippen molar-refractivity contribution in [2.24, 2.45) is 0 Å². The van der Waals surface area contributed by atoms with Crippen LogP contribution in [-0.2, 0) is 11.3 Å². The molecule has 0 aliphatic carbocycles. The van der Waals surface area contributed by atoms with Gasteiger partial charge >= 0.3 is 0 Å². The highest BCUT2D eigenvalue weighted by molar-refractivity contribution is 6.33. The van der Waals surface area contributed by atoms with Crippen LogP contribution in [0.1, 0.15) is 22.8 Å². The Balaban J connectivity index is 1.95. The fraction of sp³-hybridized carbons (Fsp3) is 0.263. The number of nitrogens with zero attached hydrogens (tertiary/aromatic N) is 1. The summed E-state index contributed by atoms with van der Waals surface area (Å²) < 4.78 is 5.32. The van der Waals surface area contributed by atoms with Gasteiger partial charge in [0.15, 0.2) is 0 Å². The molecular formula is C19H21ClN2O3. The number of hydrogen-bond donors (Lipinski definition) is 1. The second kappa shape index (κ2) is 9.08. The van der Waals surface area contributed by atoms with Crippen LogP contribution in [0, 0.1) is 0 Å². The molecule has 0 aliphatic heterocycles. The molecule has 25 heavy (non-hydrogen) atoms. The van der Waals surface area contributed by atoms with E-state index in [0.29, 0.717) is 30.2 Å². The topological polar surface area (TPSA) is 58.6 Å². The smallest absolute Gasteiger partial charge is 0.252 e. The molecule has 2 rings (SSSR count). The summed E-state index contributed by atoms with van der Waals surface area (Å²) in [5.41, 5.74) is 1.33. The van der Waals surface area contributed by atoms with Gasteiger partial charge in [-0.2, -0.15) is 0 Å². The van der Waals surface area contributed by atoms with E-state index in [4.69, 9.17) is 16.3 Å². The van der Waals surface area contributed by atoms with E-state index >= 15 is 0 Å². The quantitative estimate of drug-likeness (QED) is 0.825. The third-order valence-electron chi connectivity index (χ3n) is 3.78. The normalized spacial score (nSPS) is 10.2. The number of para-hydroxylation sites is 1. The van der Waals surface area contributed by atoms with Crippen LogP contribution in [0.25, 0.3) is 0 Å². The minimum absolute atomic E-state index is 0.0714. The minimum Gasteiger partial charge on any atom is -0.496 e. The van der Waals surface area contributed by atoms with Crippen LogP contribution in [0.4, 0.5) is 0 Å². The zero-order valence-corrected chi connectivity index (χ0v) is 15.0. The summed E-state index contributed by atoms with van der Waals surface area (Å²) in [5, 5.41) is 3.19. The first-order valence-electron chi connectivity index (χ1n) is 7.93. The third kappa shape index (κ3) is 5.22. The Morgan fingerprint density at radius 3 is 2.48 bits per heavy atom. The summed E-state index contributed by atoms with van der Waals surface area (Å²) in [6.07, 6.45) is 0. The first kappa shape index (κ1) is 18.8. The van der Waals surface area contributed by atoms with E-state index < -0.39 is 0 Å². The number of ether oxygens (including phenoxy) is 1. The molecule has 0 atom stereocenters. The van der Waals surface area contributed by atoms with Gasteiger partial charge in [-0.25, -0.2) is 0 Å². The zero-order valence-electron chi connectivity index (χ0n) is 14.3. The molecule has 0 unspecified atom stereocenters. The van der Waals surface area contributed by atoms with Crippen LogP contribution in [0.3, 0.4) is 0 Å². The van der Waals surface area contributed by atoms with Gasteiger partial charge in [0.1, 0.15) is 5.75 Å². The van der Waals surface area contributed by atoms with E-state index in [9.17, 15) is 9.59 Å². The average molecular weight is 361 g/mol. The van der Waals surface area contributed by atoms with Gasteiger partial charge in [-0.3, -0.25) is 9.59 Å². The number of carbonyl (C=O) groups is 2. The number of methoxy groups -OCH3 is 1. The maximum absolute atomic E-state index is 12.2. The van der Waals surface area contributed by atoms with Crippen molar-refractivity contribution in [3.05, 3.63) is 64.7 Å². The first-order valence-corrected chi connectivity index (χ1v) is 8.31. The lowest BCUT2D eigenvalue weighted by Crippen LogP contribution is -2.37. The predicted octanol–water partition coefficient (Wildman–Crippen LogP) is 3.13. The maximum atomic E-state index is 12.2.